The number of nitrogens with one attached hydrogen (secondary N) is 1. The van der Waals surface area contributed by atoms with Gasteiger partial charge in [0.2, 0.25) is 0 Å². The zero-order valence-electron chi connectivity index (χ0n) is 15.7. The van der Waals surface area contributed by atoms with Crippen LogP contribution in [0.5, 0.6) is 0 Å². The smallest absolute Gasteiger partial charge is 0.310 e. The minimum Gasteiger partial charge on any atom is -0.466 e. The maximum atomic E-state index is 14.9. The van der Waals surface area contributed by atoms with Gasteiger partial charge in [-0.05, 0) is 43.2 Å². The van der Waals surface area contributed by atoms with Gasteiger partial charge in [0.15, 0.2) is 0 Å². The van der Waals surface area contributed by atoms with Gasteiger partial charge in [-0.2, -0.15) is 0 Å². The fourth-order valence-electron chi connectivity index (χ4n) is 2.94. The van der Waals surface area contributed by atoms with E-state index < -0.39 is 17.7 Å². The molecule has 0 aliphatic rings. The maximum absolute atomic E-state index is 14.9. The molecule has 0 aliphatic carbocycles. The monoisotopic (exact) mass is 381 g/mol. The van der Waals surface area contributed by atoms with Crippen molar-refractivity contribution in [3.05, 3.63) is 71.7 Å². The Morgan fingerprint density at radius 2 is 1.96 bits per heavy atom. The molecule has 1 amide bonds. The highest BCUT2D eigenvalue weighted by atomic mass is 19.1. The SMILES string of the molecule is C=C(C)c1cc(C(=O)Nc2ccccc2CC(=O)OCC)c(F)c2ccoc12. The maximum Gasteiger partial charge on any atom is 0.310 e. The number of furan rings is 1. The highest BCUT2D eigenvalue weighted by Gasteiger charge is 2.21. The minimum absolute atomic E-state index is 0.00452. The van der Waals surface area contributed by atoms with E-state index in [1.807, 2.05) is 0 Å². The molecule has 2 aromatic carbocycles. The van der Waals surface area contributed by atoms with Crippen LogP contribution in [0.15, 0.2) is 53.7 Å². The Bertz CT molecular complexity index is 1070. The lowest BCUT2D eigenvalue weighted by Gasteiger charge is -2.12. The van der Waals surface area contributed by atoms with Crippen molar-refractivity contribution in [2.24, 2.45) is 0 Å². The number of hydrogen-bond donors (Lipinski definition) is 1. The van der Waals surface area contributed by atoms with E-state index in [-0.39, 0.29) is 24.0 Å². The van der Waals surface area contributed by atoms with Gasteiger partial charge >= 0.3 is 5.97 Å². The molecule has 0 unspecified atom stereocenters. The van der Waals surface area contributed by atoms with Crippen LogP contribution in [0.3, 0.4) is 0 Å². The first-order valence-corrected chi connectivity index (χ1v) is 8.82. The summed E-state index contributed by atoms with van der Waals surface area (Å²) in [7, 11) is 0. The first-order chi connectivity index (χ1) is 13.4. The van der Waals surface area contributed by atoms with Gasteiger partial charge in [0.05, 0.1) is 30.2 Å². The van der Waals surface area contributed by atoms with Crippen LogP contribution in [0.2, 0.25) is 0 Å². The van der Waals surface area contributed by atoms with Gasteiger partial charge in [-0.3, -0.25) is 9.59 Å². The average molecular weight is 381 g/mol. The molecule has 0 atom stereocenters. The number of ether oxygens (including phenoxy) is 1. The molecule has 0 bridgehead atoms. The topological polar surface area (TPSA) is 68.5 Å². The van der Waals surface area contributed by atoms with E-state index in [4.69, 9.17) is 9.15 Å². The number of carbonyl (C=O) groups excluding carboxylic acids is 2. The Kier molecular flexibility index (Phi) is 5.59. The molecule has 5 nitrogen and oxygen atoms in total. The molecular formula is C22H20FNO4. The number of esters is 1. The second kappa shape index (κ2) is 8.08. The van der Waals surface area contributed by atoms with Crippen molar-refractivity contribution in [1.82, 2.24) is 0 Å². The summed E-state index contributed by atoms with van der Waals surface area (Å²) in [6.45, 7) is 7.62. The summed E-state index contributed by atoms with van der Waals surface area (Å²) in [6, 6.07) is 9.73. The van der Waals surface area contributed by atoms with Crippen molar-refractivity contribution in [2.75, 3.05) is 11.9 Å². The number of allylic oxidation sites excluding steroid dienone is 1. The van der Waals surface area contributed by atoms with Gasteiger partial charge in [0.25, 0.3) is 5.91 Å². The molecule has 0 radical (unpaired) electrons. The number of carbonyl (C=O) groups is 2. The van der Waals surface area contributed by atoms with Crippen LogP contribution in [0.1, 0.15) is 35.3 Å². The number of hydrogen-bond acceptors (Lipinski definition) is 4. The third-order valence-electron chi connectivity index (χ3n) is 4.28. The van der Waals surface area contributed by atoms with Gasteiger partial charge in [-0.1, -0.05) is 24.8 Å². The summed E-state index contributed by atoms with van der Waals surface area (Å²) in [4.78, 5) is 24.6. The van der Waals surface area contributed by atoms with Crippen LogP contribution in [-0.2, 0) is 16.0 Å². The molecule has 1 aromatic heterocycles. The summed E-state index contributed by atoms with van der Waals surface area (Å²) in [5, 5.41) is 2.90. The van der Waals surface area contributed by atoms with E-state index in [9.17, 15) is 14.0 Å². The molecule has 28 heavy (non-hydrogen) atoms. The number of para-hydroxylation sites is 1. The molecule has 3 rings (SSSR count). The van der Waals surface area contributed by atoms with E-state index in [1.54, 1.807) is 38.1 Å². The molecule has 6 heteroatoms. The summed E-state index contributed by atoms with van der Waals surface area (Å²) in [5.41, 5.74) is 2.44. The quantitative estimate of drug-likeness (QED) is 0.613. The molecule has 1 heterocycles. The lowest BCUT2D eigenvalue weighted by atomic mass is 10.0. The minimum atomic E-state index is -0.672. The van der Waals surface area contributed by atoms with Crippen LogP contribution >= 0.6 is 0 Å². The van der Waals surface area contributed by atoms with Crippen molar-refractivity contribution in [3.63, 3.8) is 0 Å². The fourth-order valence-corrected chi connectivity index (χ4v) is 2.94. The van der Waals surface area contributed by atoms with Crippen molar-refractivity contribution in [1.29, 1.82) is 0 Å². The van der Waals surface area contributed by atoms with E-state index in [0.29, 0.717) is 28.0 Å². The lowest BCUT2D eigenvalue weighted by Crippen LogP contribution is -2.17. The molecule has 0 fully saturated rings. The van der Waals surface area contributed by atoms with Crippen molar-refractivity contribution < 1.29 is 23.1 Å². The predicted octanol–water partition coefficient (Wildman–Crippen LogP) is 4.96. The van der Waals surface area contributed by atoms with E-state index in [0.717, 1.165) is 0 Å². The van der Waals surface area contributed by atoms with Crippen LogP contribution in [0, 0.1) is 5.82 Å². The van der Waals surface area contributed by atoms with E-state index in [1.165, 1.54) is 18.4 Å². The highest BCUT2D eigenvalue weighted by Crippen LogP contribution is 2.30. The molecule has 3 aromatic rings. The van der Waals surface area contributed by atoms with Gasteiger partial charge in [-0.15, -0.1) is 0 Å². The summed E-state index contributed by atoms with van der Waals surface area (Å²) in [5.74, 6) is -1.70. The third-order valence-corrected chi connectivity index (χ3v) is 4.28. The molecule has 144 valence electrons. The Labute approximate surface area is 161 Å². The zero-order valence-corrected chi connectivity index (χ0v) is 15.7. The molecule has 0 spiro atoms. The Morgan fingerprint density at radius 3 is 2.68 bits per heavy atom. The first-order valence-electron chi connectivity index (χ1n) is 8.82. The van der Waals surface area contributed by atoms with Crippen LogP contribution < -0.4 is 5.32 Å². The van der Waals surface area contributed by atoms with Gasteiger partial charge in [0, 0.05) is 11.3 Å². The number of benzene rings is 2. The van der Waals surface area contributed by atoms with Crippen LogP contribution in [0.25, 0.3) is 16.5 Å². The third kappa shape index (κ3) is 3.81. The summed E-state index contributed by atoms with van der Waals surface area (Å²) >= 11 is 0. The zero-order chi connectivity index (χ0) is 20.3. The summed E-state index contributed by atoms with van der Waals surface area (Å²) < 4.78 is 25.2. The molecule has 0 saturated heterocycles. The number of fused-ring (bicyclic) bond motifs is 1. The van der Waals surface area contributed by atoms with Gasteiger partial charge < -0.3 is 14.5 Å². The van der Waals surface area contributed by atoms with Crippen LogP contribution in [-0.4, -0.2) is 18.5 Å². The lowest BCUT2D eigenvalue weighted by molar-refractivity contribution is -0.142. The molecule has 1 N–H and O–H groups in total. The largest absolute Gasteiger partial charge is 0.466 e. The number of anilines is 1. The Morgan fingerprint density at radius 1 is 1.21 bits per heavy atom. The van der Waals surface area contributed by atoms with Crippen molar-refractivity contribution >= 4 is 34.1 Å². The van der Waals surface area contributed by atoms with Gasteiger partial charge in [-0.25, -0.2) is 4.39 Å². The van der Waals surface area contributed by atoms with Crippen molar-refractivity contribution in [2.45, 2.75) is 20.3 Å². The standard InChI is InChI=1S/C22H20FNO4/c1-4-27-19(25)11-14-7-5-6-8-18(14)24-22(26)17-12-16(13(2)3)21-15(20(17)23)9-10-28-21/h5-10,12H,2,4,11H2,1,3H3,(H,24,26). The molecule has 0 saturated carbocycles. The van der Waals surface area contributed by atoms with E-state index >= 15 is 0 Å². The molecule has 0 aliphatic heterocycles. The number of rotatable bonds is 6. The number of halogens is 1. The normalized spacial score (nSPS) is 10.7. The van der Waals surface area contributed by atoms with Gasteiger partial charge in [0.1, 0.15) is 11.4 Å². The highest BCUT2D eigenvalue weighted by molar-refractivity contribution is 6.08. The first kappa shape index (κ1) is 19.4. The number of amides is 1. The Balaban J connectivity index is 1.95. The van der Waals surface area contributed by atoms with Crippen molar-refractivity contribution in [3.8, 4) is 0 Å². The Hall–Kier alpha value is -3.41. The summed E-state index contributed by atoms with van der Waals surface area (Å²) in [6.07, 6.45) is 1.38. The van der Waals surface area contributed by atoms with E-state index in [2.05, 4.69) is 11.9 Å². The average Bonchev–Trinajstić information content (AvgIpc) is 3.14. The fraction of sp³-hybridized carbons (Fsp3) is 0.182. The molecular weight excluding hydrogens is 361 g/mol. The predicted molar refractivity (Wildman–Crippen MR) is 106 cm³/mol. The second-order valence-corrected chi connectivity index (χ2v) is 6.32. The van der Waals surface area contributed by atoms with Crippen LogP contribution in [0.4, 0.5) is 10.1 Å². The second-order valence-electron chi connectivity index (χ2n) is 6.32.